The Hall–Kier alpha value is -1.63. The fourth-order valence-corrected chi connectivity index (χ4v) is 3.99. The molecule has 28 heavy (non-hydrogen) atoms. The monoisotopic (exact) mass is 468 g/mol. The molecule has 0 amide bonds. The van der Waals surface area contributed by atoms with Gasteiger partial charge in [-0.25, -0.2) is 0 Å². The summed E-state index contributed by atoms with van der Waals surface area (Å²) in [6.07, 6.45) is 0.0706. The van der Waals surface area contributed by atoms with Crippen LogP contribution in [0.2, 0.25) is 5.02 Å². The molecule has 0 unspecified atom stereocenters. The first-order valence-corrected chi connectivity index (χ1v) is 10.5. The fraction of sp³-hybridized carbons (Fsp3) is 0.429. The van der Waals surface area contributed by atoms with Gasteiger partial charge in [-0.15, -0.1) is 0 Å². The second kappa shape index (κ2) is 9.72. The van der Waals surface area contributed by atoms with Crippen molar-refractivity contribution in [2.45, 2.75) is 26.5 Å². The minimum absolute atomic E-state index is 0.0706. The van der Waals surface area contributed by atoms with Crippen molar-refractivity contribution >= 4 is 38.9 Å². The van der Waals surface area contributed by atoms with Gasteiger partial charge < -0.3 is 24.4 Å². The Bertz CT molecular complexity index is 810. The zero-order valence-corrected chi connectivity index (χ0v) is 18.8. The van der Waals surface area contributed by atoms with Crippen LogP contribution in [-0.2, 0) is 11.3 Å². The molecule has 0 radical (unpaired) electrons. The first-order valence-electron chi connectivity index (χ1n) is 9.37. The van der Waals surface area contributed by atoms with Crippen molar-refractivity contribution in [3.63, 3.8) is 0 Å². The Kier molecular flexibility index (Phi) is 7.32. The van der Waals surface area contributed by atoms with E-state index in [1.54, 1.807) is 7.11 Å². The molecular formula is C21H26BrClN2O3. The number of hydrogen-bond acceptors (Lipinski definition) is 5. The van der Waals surface area contributed by atoms with Crippen LogP contribution in [0, 0.1) is 0 Å². The maximum Gasteiger partial charge on any atom is 0.175 e. The number of ether oxygens (including phenoxy) is 3. The molecule has 0 aromatic heterocycles. The summed E-state index contributed by atoms with van der Waals surface area (Å²) in [5.74, 6) is 1.43. The average molecular weight is 470 g/mol. The highest BCUT2D eigenvalue weighted by molar-refractivity contribution is 9.10. The largest absolute Gasteiger partial charge is 0.493 e. The molecule has 2 aromatic rings. The van der Waals surface area contributed by atoms with Crippen molar-refractivity contribution in [2.75, 3.05) is 43.6 Å². The number of benzene rings is 2. The van der Waals surface area contributed by atoms with E-state index in [0.717, 1.165) is 58.5 Å². The summed E-state index contributed by atoms with van der Waals surface area (Å²) >= 11 is 10.1. The lowest BCUT2D eigenvalue weighted by atomic mass is 10.2. The number of morpholine rings is 1. The number of methoxy groups -OCH3 is 1. The third kappa shape index (κ3) is 5.25. The van der Waals surface area contributed by atoms with Crippen molar-refractivity contribution in [1.29, 1.82) is 0 Å². The molecule has 7 heteroatoms. The Morgan fingerprint density at radius 2 is 1.96 bits per heavy atom. The zero-order valence-electron chi connectivity index (χ0n) is 16.4. The van der Waals surface area contributed by atoms with Crippen molar-refractivity contribution in [2.24, 2.45) is 0 Å². The van der Waals surface area contributed by atoms with Crippen LogP contribution in [0.3, 0.4) is 0 Å². The summed E-state index contributed by atoms with van der Waals surface area (Å²) in [4.78, 5) is 2.25. The number of halogens is 2. The summed E-state index contributed by atoms with van der Waals surface area (Å²) in [5.41, 5.74) is 3.10. The van der Waals surface area contributed by atoms with Gasteiger partial charge in [-0.3, -0.25) is 0 Å². The molecule has 1 aliphatic rings. The molecular weight excluding hydrogens is 444 g/mol. The number of anilines is 2. The first-order chi connectivity index (χ1) is 13.5. The SMILES string of the molecule is COc1cc(CNc2ccc(N3CCOCC3)c(Cl)c2)cc(Br)c1OC(C)C. The predicted molar refractivity (Wildman–Crippen MR) is 118 cm³/mol. The lowest BCUT2D eigenvalue weighted by Gasteiger charge is -2.29. The van der Waals surface area contributed by atoms with Gasteiger partial charge in [0.15, 0.2) is 11.5 Å². The molecule has 1 heterocycles. The normalized spacial score (nSPS) is 14.3. The fourth-order valence-electron chi connectivity index (χ4n) is 3.11. The van der Waals surface area contributed by atoms with Crippen LogP contribution >= 0.6 is 27.5 Å². The molecule has 0 atom stereocenters. The minimum Gasteiger partial charge on any atom is -0.493 e. The van der Waals surface area contributed by atoms with E-state index in [0.29, 0.717) is 12.3 Å². The number of nitrogens with zero attached hydrogens (tertiary/aromatic N) is 1. The molecule has 1 N–H and O–H groups in total. The highest BCUT2D eigenvalue weighted by Gasteiger charge is 2.15. The maximum atomic E-state index is 6.52. The van der Waals surface area contributed by atoms with Crippen LogP contribution in [0.25, 0.3) is 0 Å². The molecule has 2 aromatic carbocycles. The molecule has 5 nitrogen and oxygen atoms in total. The van der Waals surface area contributed by atoms with Crippen molar-refractivity contribution in [1.82, 2.24) is 0 Å². The lowest BCUT2D eigenvalue weighted by molar-refractivity contribution is 0.122. The Morgan fingerprint density at radius 3 is 2.61 bits per heavy atom. The topological polar surface area (TPSA) is 43.0 Å². The van der Waals surface area contributed by atoms with Gasteiger partial charge in [0.25, 0.3) is 0 Å². The van der Waals surface area contributed by atoms with Gasteiger partial charge in [-0.2, -0.15) is 0 Å². The summed E-state index contributed by atoms with van der Waals surface area (Å²) in [7, 11) is 1.65. The van der Waals surface area contributed by atoms with E-state index in [1.165, 1.54) is 0 Å². The van der Waals surface area contributed by atoms with Crippen LogP contribution in [0.5, 0.6) is 11.5 Å². The summed E-state index contributed by atoms with van der Waals surface area (Å²) in [5, 5.41) is 4.17. The highest BCUT2D eigenvalue weighted by Crippen LogP contribution is 2.37. The smallest absolute Gasteiger partial charge is 0.175 e. The number of rotatable bonds is 7. The van der Waals surface area contributed by atoms with Gasteiger partial charge in [-0.1, -0.05) is 11.6 Å². The van der Waals surface area contributed by atoms with Gasteiger partial charge >= 0.3 is 0 Å². The van der Waals surface area contributed by atoms with Gasteiger partial charge in [0, 0.05) is 25.3 Å². The third-order valence-corrected chi connectivity index (χ3v) is 5.33. The Labute approximate surface area is 180 Å². The number of hydrogen-bond donors (Lipinski definition) is 1. The van der Waals surface area contributed by atoms with Crippen LogP contribution < -0.4 is 19.7 Å². The van der Waals surface area contributed by atoms with Gasteiger partial charge in [0.05, 0.1) is 41.6 Å². The first kappa shape index (κ1) is 21.1. The van der Waals surface area contributed by atoms with E-state index in [9.17, 15) is 0 Å². The van der Waals surface area contributed by atoms with Crippen molar-refractivity contribution in [3.8, 4) is 11.5 Å². The van der Waals surface area contributed by atoms with E-state index in [-0.39, 0.29) is 6.10 Å². The summed E-state index contributed by atoms with van der Waals surface area (Å²) in [6.45, 7) is 7.84. The molecule has 0 spiro atoms. The van der Waals surface area contributed by atoms with Crippen LogP contribution in [0.15, 0.2) is 34.8 Å². The molecule has 1 fully saturated rings. The average Bonchev–Trinajstić information content (AvgIpc) is 2.68. The minimum atomic E-state index is 0.0706. The van der Waals surface area contributed by atoms with Crippen LogP contribution in [-0.4, -0.2) is 39.5 Å². The molecule has 152 valence electrons. The standard InChI is InChI=1S/C21H26BrClN2O3/c1-14(2)28-21-17(22)10-15(11-20(21)26-3)13-24-16-4-5-19(18(23)12-16)25-6-8-27-9-7-25/h4-5,10-12,14,24H,6-9,13H2,1-3H3. The van der Waals surface area contributed by atoms with Gasteiger partial charge in [0.1, 0.15) is 0 Å². The maximum absolute atomic E-state index is 6.52. The second-order valence-electron chi connectivity index (χ2n) is 6.89. The van der Waals surface area contributed by atoms with Gasteiger partial charge in [-0.05, 0) is 65.7 Å². The van der Waals surface area contributed by atoms with E-state index < -0.39 is 0 Å². The van der Waals surface area contributed by atoms with E-state index in [4.69, 9.17) is 25.8 Å². The Balaban J connectivity index is 1.70. The summed E-state index contributed by atoms with van der Waals surface area (Å²) in [6, 6.07) is 10.1. The van der Waals surface area contributed by atoms with Crippen molar-refractivity contribution in [3.05, 3.63) is 45.4 Å². The highest BCUT2D eigenvalue weighted by atomic mass is 79.9. The predicted octanol–water partition coefficient (Wildman–Crippen LogP) is 5.35. The van der Waals surface area contributed by atoms with E-state index in [2.05, 4.69) is 38.3 Å². The van der Waals surface area contributed by atoms with E-state index >= 15 is 0 Å². The summed E-state index contributed by atoms with van der Waals surface area (Å²) < 4.78 is 17.6. The molecule has 1 aliphatic heterocycles. The van der Waals surface area contributed by atoms with Crippen LogP contribution in [0.4, 0.5) is 11.4 Å². The lowest BCUT2D eigenvalue weighted by Crippen LogP contribution is -2.36. The molecule has 1 saturated heterocycles. The molecule has 0 bridgehead atoms. The molecule has 0 aliphatic carbocycles. The second-order valence-corrected chi connectivity index (χ2v) is 8.16. The van der Waals surface area contributed by atoms with Crippen molar-refractivity contribution < 1.29 is 14.2 Å². The van der Waals surface area contributed by atoms with Crippen LogP contribution in [0.1, 0.15) is 19.4 Å². The molecule has 3 rings (SSSR count). The Morgan fingerprint density at radius 1 is 1.21 bits per heavy atom. The molecule has 0 saturated carbocycles. The van der Waals surface area contributed by atoms with Gasteiger partial charge in [0.2, 0.25) is 0 Å². The quantitative estimate of drug-likeness (QED) is 0.592. The van der Waals surface area contributed by atoms with E-state index in [1.807, 2.05) is 32.0 Å². The number of nitrogens with one attached hydrogen (secondary N) is 1. The third-order valence-electron chi connectivity index (χ3n) is 4.44. The zero-order chi connectivity index (χ0) is 20.1.